The summed E-state index contributed by atoms with van der Waals surface area (Å²) in [7, 11) is 0. The summed E-state index contributed by atoms with van der Waals surface area (Å²) in [5.74, 6) is 4.61. The van der Waals surface area contributed by atoms with Gasteiger partial charge in [-0.05, 0) is 122 Å². The number of carbonyl (C=O) groups excluding carboxylic acids is 3. The number of benzene rings is 1. The Morgan fingerprint density at radius 3 is 2.41 bits per heavy atom. The molecule has 4 aliphatic carbocycles. The van der Waals surface area contributed by atoms with Crippen molar-refractivity contribution >= 4 is 29.7 Å². The zero-order chi connectivity index (χ0) is 36.8. The van der Waals surface area contributed by atoms with E-state index in [2.05, 4.69) is 51.3 Å². The van der Waals surface area contributed by atoms with Crippen LogP contribution in [0, 0.1) is 46.3 Å². The number of rotatable bonds is 15. The Morgan fingerprint density at radius 2 is 1.69 bits per heavy atom. The van der Waals surface area contributed by atoms with Gasteiger partial charge in [-0.25, -0.2) is 9.59 Å². The molecular weight excluding hydrogens is 657 g/mol. The SMILES string of the molecule is CSCC[C@H](NC(=O)OCc1ccccc1)C(=O)N[C@@H](C)C(=O)O[C@H]1CC[C@@]2(C)C(=CC[C@H]3[C@@H]4CC[C@H]([C@H](C)CCCC(C)C)[C@@]4(C)CC[C@@H]32)C1. The molecule has 8 heteroatoms. The molecule has 2 N–H and O–H groups in total. The molecule has 51 heavy (non-hydrogen) atoms. The van der Waals surface area contributed by atoms with Gasteiger partial charge < -0.3 is 20.1 Å². The molecule has 0 heterocycles. The molecular formula is C43H66N2O5S. The van der Waals surface area contributed by atoms with Gasteiger partial charge in [-0.1, -0.05) is 95.9 Å². The van der Waals surface area contributed by atoms with Gasteiger partial charge in [-0.3, -0.25) is 4.79 Å². The molecule has 1 aromatic carbocycles. The fraction of sp³-hybridized carbons (Fsp3) is 0.744. The second-order valence-electron chi connectivity index (χ2n) is 17.4. The van der Waals surface area contributed by atoms with Crippen LogP contribution in [0.2, 0.25) is 0 Å². The maximum absolute atomic E-state index is 13.3. The van der Waals surface area contributed by atoms with E-state index in [0.29, 0.717) is 23.5 Å². The number of amides is 2. The third-order valence-corrected chi connectivity index (χ3v) is 14.3. The molecule has 3 fully saturated rings. The summed E-state index contributed by atoms with van der Waals surface area (Å²) in [6.07, 6.45) is 17.5. The second kappa shape index (κ2) is 17.6. The van der Waals surface area contributed by atoms with E-state index >= 15 is 0 Å². The van der Waals surface area contributed by atoms with Crippen LogP contribution in [0.25, 0.3) is 0 Å². The lowest BCUT2D eigenvalue weighted by atomic mass is 9.47. The predicted molar refractivity (Wildman–Crippen MR) is 207 cm³/mol. The zero-order valence-electron chi connectivity index (χ0n) is 32.5. The number of thioether (sulfide) groups is 1. The van der Waals surface area contributed by atoms with E-state index in [0.717, 1.165) is 60.8 Å². The van der Waals surface area contributed by atoms with Crippen molar-refractivity contribution in [1.82, 2.24) is 10.6 Å². The first-order valence-electron chi connectivity index (χ1n) is 20.0. The van der Waals surface area contributed by atoms with Gasteiger partial charge in [0, 0.05) is 6.42 Å². The molecule has 0 aromatic heterocycles. The zero-order valence-corrected chi connectivity index (χ0v) is 33.3. The molecule has 0 radical (unpaired) electrons. The van der Waals surface area contributed by atoms with Crippen LogP contribution in [0.4, 0.5) is 4.79 Å². The van der Waals surface area contributed by atoms with Crippen molar-refractivity contribution < 1.29 is 23.9 Å². The molecule has 4 aliphatic rings. The Hall–Kier alpha value is -2.48. The fourth-order valence-corrected chi connectivity index (χ4v) is 11.3. The standard InChI is InChI=1S/C43H66N2O5S/c1-28(2)12-11-13-29(3)35-18-19-36-34-17-16-32-26-33(20-23-42(32,5)37(34)21-24-43(35,36)6)50-40(47)30(4)44-39(46)38(22-25-51-7)45-41(48)49-27-31-14-9-8-10-15-31/h8-10,14-16,28-30,33-38H,11-13,17-27H2,1-7H3,(H,44,46)(H,45,48)/t29-,30+,33+,34+,35-,36+,37+,38+,42+,43-/m1/s1. The van der Waals surface area contributed by atoms with Crippen LogP contribution in [0.5, 0.6) is 0 Å². The lowest BCUT2D eigenvalue weighted by molar-refractivity contribution is -0.155. The van der Waals surface area contributed by atoms with E-state index in [1.165, 1.54) is 50.5 Å². The number of alkyl carbamates (subject to hydrolysis) is 1. The highest BCUT2D eigenvalue weighted by Gasteiger charge is 2.59. The Balaban J connectivity index is 1.13. The molecule has 1 aromatic rings. The smallest absolute Gasteiger partial charge is 0.408 e. The topological polar surface area (TPSA) is 93.7 Å². The first-order chi connectivity index (χ1) is 24.4. The number of esters is 1. The summed E-state index contributed by atoms with van der Waals surface area (Å²) in [6, 6.07) is 7.77. The van der Waals surface area contributed by atoms with Gasteiger partial charge >= 0.3 is 12.1 Å². The highest BCUT2D eigenvalue weighted by Crippen LogP contribution is 2.67. The van der Waals surface area contributed by atoms with Gasteiger partial charge in [0.25, 0.3) is 0 Å². The Kier molecular flexibility index (Phi) is 13.7. The maximum atomic E-state index is 13.3. The average molecular weight is 723 g/mol. The summed E-state index contributed by atoms with van der Waals surface area (Å²) in [5.41, 5.74) is 3.00. The van der Waals surface area contributed by atoms with Crippen LogP contribution >= 0.6 is 11.8 Å². The van der Waals surface area contributed by atoms with Gasteiger partial charge in [0.1, 0.15) is 24.8 Å². The molecule has 2 amide bonds. The molecule has 3 saturated carbocycles. The lowest BCUT2D eigenvalue weighted by Crippen LogP contribution is -2.52. The highest BCUT2D eigenvalue weighted by atomic mass is 32.2. The molecule has 5 rings (SSSR count). The molecule has 0 saturated heterocycles. The largest absolute Gasteiger partial charge is 0.461 e. The summed E-state index contributed by atoms with van der Waals surface area (Å²) in [6.45, 7) is 14.2. The van der Waals surface area contributed by atoms with Gasteiger partial charge in [-0.15, -0.1) is 0 Å². The van der Waals surface area contributed by atoms with Crippen molar-refractivity contribution in [3.8, 4) is 0 Å². The predicted octanol–water partition coefficient (Wildman–Crippen LogP) is 9.49. The second-order valence-corrected chi connectivity index (χ2v) is 18.3. The average Bonchev–Trinajstić information content (AvgIpc) is 3.46. The summed E-state index contributed by atoms with van der Waals surface area (Å²) in [5, 5.41) is 5.50. The number of ether oxygens (including phenoxy) is 2. The summed E-state index contributed by atoms with van der Waals surface area (Å²) < 4.78 is 11.4. The normalized spacial score (nSPS) is 31.6. The van der Waals surface area contributed by atoms with Crippen LogP contribution in [0.3, 0.4) is 0 Å². The van der Waals surface area contributed by atoms with Gasteiger partial charge in [0.05, 0.1) is 0 Å². The fourth-order valence-electron chi connectivity index (χ4n) is 10.8. The molecule has 7 nitrogen and oxygen atoms in total. The highest BCUT2D eigenvalue weighted by molar-refractivity contribution is 7.98. The van der Waals surface area contributed by atoms with Crippen LogP contribution < -0.4 is 10.6 Å². The van der Waals surface area contributed by atoms with Gasteiger partial charge in [-0.2, -0.15) is 11.8 Å². The van der Waals surface area contributed by atoms with Gasteiger partial charge in [0.2, 0.25) is 5.91 Å². The third-order valence-electron chi connectivity index (χ3n) is 13.7. The monoisotopic (exact) mass is 722 g/mol. The first-order valence-corrected chi connectivity index (χ1v) is 21.4. The van der Waals surface area contributed by atoms with Crippen molar-refractivity contribution in [2.24, 2.45) is 46.3 Å². The molecule has 10 atom stereocenters. The summed E-state index contributed by atoms with van der Waals surface area (Å²) >= 11 is 1.59. The number of carbonyl (C=O) groups is 3. The van der Waals surface area contributed by atoms with E-state index in [4.69, 9.17) is 9.47 Å². The third kappa shape index (κ3) is 9.37. The van der Waals surface area contributed by atoms with E-state index in [1.54, 1.807) is 18.7 Å². The number of hydrogen-bond acceptors (Lipinski definition) is 6. The Bertz CT molecular complexity index is 1370. The van der Waals surface area contributed by atoms with E-state index in [9.17, 15) is 14.4 Å². The van der Waals surface area contributed by atoms with Crippen LogP contribution in [-0.2, 0) is 25.7 Å². The Morgan fingerprint density at radius 1 is 0.922 bits per heavy atom. The molecule has 0 aliphatic heterocycles. The molecule has 284 valence electrons. The van der Waals surface area contributed by atoms with E-state index in [-0.39, 0.29) is 18.1 Å². The van der Waals surface area contributed by atoms with Crippen LogP contribution in [0.1, 0.15) is 124 Å². The quantitative estimate of drug-likeness (QED) is 0.138. The van der Waals surface area contributed by atoms with Crippen molar-refractivity contribution in [1.29, 1.82) is 0 Å². The minimum Gasteiger partial charge on any atom is -0.461 e. The lowest BCUT2D eigenvalue weighted by Gasteiger charge is -2.58. The van der Waals surface area contributed by atoms with E-state index in [1.807, 2.05) is 36.6 Å². The van der Waals surface area contributed by atoms with Crippen LogP contribution in [0.15, 0.2) is 42.0 Å². The van der Waals surface area contributed by atoms with Crippen molar-refractivity contribution in [2.45, 2.75) is 143 Å². The molecule has 0 unspecified atom stereocenters. The molecule has 0 bridgehead atoms. The van der Waals surface area contributed by atoms with Crippen molar-refractivity contribution in [3.63, 3.8) is 0 Å². The Labute approximate surface area is 312 Å². The van der Waals surface area contributed by atoms with Crippen LogP contribution in [-0.4, -0.2) is 48.2 Å². The molecule has 0 spiro atoms. The summed E-state index contributed by atoms with van der Waals surface area (Å²) in [4.78, 5) is 39.1. The van der Waals surface area contributed by atoms with Crippen molar-refractivity contribution in [2.75, 3.05) is 12.0 Å². The number of nitrogens with one attached hydrogen (secondary N) is 2. The number of hydrogen-bond donors (Lipinski definition) is 2. The number of fused-ring (bicyclic) bond motifs is 5. The maximum Gasteiger partial charge on any atom is 0.408 e. The number of allylic oxidation sites excluding steroid dienone is 1. The minimum absolute atomic E-state index is 0.114. The van der Waals surface area contributed by atoms with Gasteiger partial charge in [0.15, 0.2) is 0 Å². The van der Waals surface area contributed by atoms with E-state index < -0.39 is 30.1 Å². The van der Waals surface area contributed by atoms with Crippen molar-refractivity contribution in [3.05, 3.63) is 47.5 Å². The first kappa shape index (κ1) is 39.7. The minimum atomic E-state index is -0.825.